The van der Waals surface area contributed by atoms with Gasteiger partial charge in [0.2, 0.25) is 0 Å². The van der Waals surface area contributed by atoms with E-state index in [1.807, 2.05) is 0 Å². The van der Waals surface area contributed by atoms with Crippen molar-refractivity contribution < 1.29 is 9.13 Å². The Hall–Kier alpha value is -1.09. The average Bonchev–Trinajstić information content (AvgIpc) is 2.74. The number of halogens is 1. The Morgan fingerprint density at radius 2 is 2.15 bits per heavy atom. The molecule has 0 radical (unpaired) electrons. The van der Waals surface area contributed by atoms with Gasteiger partial charge in [-0.1, -0.05) is 13.3 Å². The first-order chi connectivity index (χ1) is 9.37. The van der Waals surface area contributed by atoms with Crippen LogP contribution < -0.4 is 10.1 Å². The molecule has 0 aliphatic carbocycles. The number of hydrogen-bond donors (Lipinski definition) is 1. The van der Waals surface area contributed by atoms with Gasteiger partial charge in [0, 0.05) is 17.5 Å². The Morgan fingerprint density at radius 1 is 1.40 bits per heavy atom. The molecule has 0 amide bonds. The molecule has 0 aromatic heterocycles. The topological polar surface area (TPSA) is 21.3 Å². The molecule has 2 atom stereocenters. The lowest BCUT2D eigenvalue weighted by Gasteiger charge is -2.26. The van der Waals surface area contributed by atoms with Gasteiger partial charge in [-0.25, -0.2) is 4.39 Å². The zero-order valence-electron chi connectivity index (χ0n) is 13.0. The minimum atomic E-state index is -0.172. The smallest absolute Gasteiger partial charge is 0.123 e. The maximum Gasteiger partial charge on any atom is 0.123 e. The molecule has 112 valence electrons. The van der Waals surface area contributed by atoms with Crippen LogP contribution >= 0.6 is 0 Å². The Morgan fingerprint density at radius 3 is 2.80 bits per heavy atom. The van der Waals surface area contributed by atoms with Crippen LogP contribution in [0.5, 0.6) is 5.75 Å². The maximum atomic E-state index is 13.2. The van der Waals surface area contributed by atoms with Gasteiger partial charge in [-0.15, -0.1) is 0 Å². The SMILES string of the molecule is CCC(CNC(C)(C)C)CC1Cc2cc(F)ccc2O1. The van der Waals surface area contributed by atoms with Crippen LogP contribution in [0.4, 0.5) is 4.39 Å². The van der Waals surface area contributed by atoms with Gasteiger partial charge in [0.1, 0.15) is 17.7 Å². The fourth-order valence-electron chi connectivity index (χ4n) is 2.64. The summed E-state index contributed by atoms with van der Waals surface area (Å²) in [6.45, 7) is 9.78. The van der Waals surface area contributed by atoms with Crippen molar-refractivity contribution in [3.05, 3.63) is 29.6 Å². The van der Waals surface area contributed by atoms with Crippen LogP contribution in [0, 0.1) is 11.7 Å². The highest BCUT2D eigenvalue weighted by Crippen LogP contribution is 2.32. The number of fused-ring (bicyclic) bond motifs is 1. The van der Waals surface area contributed by atoms with E-state index in [4.69, 9.17) is 4.74 Å². The second kappa shape index (κ2) is 6.13. The van der Waals surface area contributed by atoms with Crippen molar-refractivity contribution in [3.8, 4) is 5.75 Å². The number of hydrogen-bond acceptors (Lipinski definition) is 2. The van der Waals surface area contributed by atoms with Crippen LogP contribution in [0.25, 0.3) is 0 Å². The molecular formula is C17H26FNO. The largest absolute Gasteiger partial charge is 0.490 e. The first-order valence-electron chi connectivity index (χ1n) is 7.57. The number of nitrogens with one attached hydrogen (secondary N) is 1. The van der Waals surface area contributed by atoms with Gasteiger partial charge in [-0.05, 0) is 57.9 Å². The fourth-order valence-corrected chi connectivity index (χ4v) is 2.64. The monoisotopic (exact) mass is 279 g/mol. The number of benzene rings is 1. The molecule has 2 rings (SSSR count). The van der Waals surface area contributed by atoms with E-state index in [0.29, 0.717) is 5.92 Å². The third kappa shape index (κ3) is 4.20. The molecule has 1 aliphatic rings. The Bertz CT molecular complexity index is 453. The predicted octanol–water partition coefficient (Wildman–Crippen LogP) is 3.93. The van der Waals surface area contributed by atoms with Gasteiger partial charge in [0.05, 0.1) is 0 Å². The zero-order valence-corrected chi connectivity index (χ0v) is 13.0. The van der Waals surface area contributed by atoms with Crippen LogP contribution in [0.2, 0.25) is 0 Å². The summed E-state index contributed by atoms with van der Waals surface area (Å²) in [5.74, 6) is 1.28. The first-order valence-corrected chi connectivity index (χ1v) is 7.57. The van der Waals surface area contributed by atoms with E-state index in [-0.39, 0.29) is 17.5 Å². The van der Waals surface area contributed by atoms with Crippen molar-refractivity contribution in [2.45, 2.75) is 58.6 Å². The molecule has 0 saturated carbocycles. The molecule has 0 bridgehead atoms. The van der Waals surface area contributed by atoms with E-state index in [9.17, 15) is 4.39 Å². The summed E-state index contributed by atoms with van der Waals surface area (Å²) in [4.78, 5) is 0. The van der Waals surface area contributed by atoms with Crippen molar-refractivity contribution in [1.29, 1.82) is 0 Å². The summed E-state index contributed by atoms with van der Waals surface area (Å²) >= 11 is 0. The minimum absolute atomic E-state index is 0.149. The van der Waals surface area contributed by atoms with Gasteiger partial charge in [-0.3, -0.25) is 0 Å². The van der Waals surface area contributed by atoms with Crippen molar-refractivity contribution in [2.75, 3.05) is 6.54 Å². The van der Waals surface area contributed by atoms with Gasteiger partial charge < -0.3 is 10.1 Å². The molecule has 1 aliphatic heterocycles. The van der Waals surface area contributed by atoms with Crippen molar-refractivity contribution in [1.82, 2.24) is 5.32 Å². The average molecular weight is 279 g/mol. The van der Waals surface area contributed by atoms with E-state index in [1.165, 1.54) is 6.07 Å². The molecule has 1 aromatic rings. The third-order valence-electron chi connectivity index (χ3n) is 3.86. The normalized spacial score (nSPS) is 19.6. The second-order valence-electron chi connectivity index (χ2n) is 6.84. The summed E-state index contributed by atoms with van der Waals surface area (Å²) in [5.41, 5.74) is 1.16. The lowest BCUT2D eigenvalue weighted by atomic mass is 9.95. The number of ether oxygens (including phenoxy) is 1. The molecular weight excluding hydrogens is 253 g/mol. The van der Waals surface area contributed by atoms with Gasteiger partial charge >= 0.3 is 0 Å². The van der Waals surface area contributed by atoms with Crippen LogP contribution in [0.3, 0.4) is 0 Å². The van der Waals surface area contributed by atoms with Crippen molar-refractivity contribution in [2.24, 2.45) is 5.92 Å². The Labute approximate surface area is 121 Å². The number of rotatable bonds is 5. The van der Waals surface area contributed by atoms with Gasteiger partial charge in [0.15, 0.2) is 0 Å². The van der Waals surface area contributed by atoms with Gasteiger partial charge in [-0.2, -0.15) is 0 Å². The van der Waals surface area contributed by atoms with Crippen molar-refractivity contribution >= 4 is 0 Å². The maximum absolute atomic E-state index is 13.2. The minimum Gasteiger partial charge on any atom is -0.490 e. The second-order valence-corrected chi connectivity index (χ2v) is 6.84. The Balaban J connectivity index is 1.88. The summed E-state index contributed by atoms with van der Waals surface area (Å²) in [6.07, 6.45) is 3.18. The molecule has 20 heavy (non-hydrogen) atoms. The van der Waals surface area contributed by atoms with Crippen LogP contribution in [0.15, 0.2) is 18.2 Å². The fraction of sp³-hybridized carbons (Fsp3) is 0.647. The van der Waals surface area contributed by atoms with Gasteiger partial charge in [0.25, 0.3) is 0 Å². The van der Waals surface area contributed by atoms with E-state index in [2.05, 4.69) is 33.0 Å². The Kier molecular flexibility index (Phi) is 4.69. The molecule has 0 saturated heterocycles. The van der Waals surface area contributed by atoms with Crippen molar-refractivity contribution in [3.63, 3.8) is 0 Å². The third-order valence-corrected chi connectivity index (χ3v) is 3.86. The highest BCUT2D eigenvalue weighted by molar-refractivity contribution is 5.37. The molecule has 0 fully saturated rings. The lowest BCUT2D eigenvalue weighted by Crippen LogP contribution is -2.40. The van der Waals surface area contributed by atoms with Crippen LogP contribution in [-0.4, -0.2) is 18.2 Å². The van der Waals surface area contributed by atoms with E-state index in [0.717, 1.165) is 37.1 Å². The first kappa shape index (κ1) is 15.3. The zero-order chi connectivity index (χ0) is 14.8. The summed E-state index contributed by atoms with van der Waals surface area (Å²) < 4.78 is 19.1. The molecule has 0 spiro atoms. The standard InChI is InChI=1S/C17H26FNO/c1-5-12(11-19-17(2,3)4)8-15-10-13-9-14(18)6-7-16(13)20-15/h6-7,9,12,15,19H,5,8,10-11H2,1-4H3. The summed E-state index contributed by atoms with van der Waals surface area (Å²) in [7, 11) is 0. The molecule has 1 N–H and O–H groups in total. The highest BCUT2D eigenvalue weighted by Gasteiger charge is 2.26. The predicted molar refractivity (Wildman–Crippen MR) is 80.7 cm³/mol. The van der Waals surface area contributed by atoms with E-state index >= 15 is 0 Å². The molecule has 1 heterocycles. The summed E-state index contributed by atoms with van der Waals surface area (Å²) in [5, 5.41) is 3.56. The highest BCUT2D eigenvalue weighted by atomic mass is 19.1. The molecule has 3 heteroatoms. The molecule has 1 aromatic carbocycles. The lowest BCUT2D eigenvalue weighted by molar-refractivity contribution is 0.185. The summed E-state index contributed by atoms with van der Waals surface area (Å²) in [6, 6.07) is 4.82. The quantitative estimate of drug-likeness (QED) is 0.881. The van der Waals surface area contributed by atoms with E-state index in [1.54, 1.807) is 12.1 Å². The van der Waals surface area contributed by atoms with Crippen LogP contribution in [-0.2, 0) is 6.42 Å². The van der Waals surface area contributed by atoms with E-state index < -0.39 is 0 Å². The molecule has 2 unspecified atom stereocenters. The van der Waals surface area contributed by atoms with Crippen LogP contribution in [0.1, 0.15) is 46.1 Å². The molecule has 2 nitrogen and oxygen atoms in total.